The molecular formula is C17H15NO. The molecule has 0 aliphatic carbocycles. The average Bonchev–Trinajstić information content (AvgIpc) is 2.45. The molecule has 0 bridgehead atoms. The van der Waals surface area contributed by atoms with Gasteiger partial charge in [0.15, 0.2) is 0 Å². The van der Waals surface area contributed by atoms with Crippen LogP contribution in [0.5, 0.6) is 5.75 Å². The SMILES string of the molecule is Oc1cccc(NCc2cccc3ccccc23)c1. The predicted octanol–water partition coefficient (Wildman–Crippen LogP) is 4.16. The number of fused-ring (bicyclic) bond motifs is 1. The fraction of sp³-hybridized carbons (Fsp3) is 0.0588. The first-order chi connectivity index (χ1) is 9.33. The van der Waals surface area contributed by atoms with E-state index < -0.39 is 0 Å². The number of benzene rings is 3. The summed E-state index contributed by atoms with van der Waals surface area (Å²) in [5, 5.41) is 15.3. The lowest BCUT2D eigenvalue weighted by atomic mass is 10.0. The molecule has 0 atom stereocenters. The molecule has 2 N–H and O–H groups in total. The molecule has 3 rings (SSSR count). The van der Waals surface area contributed by atoms with Crippen molar-refractivity contribution < 1.29 is 5.11 Å². The van der Waals surface area contributed by atoms with E-state index in [0.717, 1.165) is 12.2 Å². The summed E-state index contributed by atoms with van der Waals surface area (Å²) in [7, 11) is 0. The number of phenols is 1. The Bertz CT molecular complexity index is 701. The monoisotopic (exact) mass is 249 g/mol. The van der Waals surface area contributed by atoms with Crippen molar-refractivity contribution in [3.05, 3.63) is 72.3 Å². The normalized spacial score (nSPS) is 10.5. The van der Waals surface area contributed by atoms with E-state index in [9.17, 15) is 5.11 Å². The van der Waals surface area contributed by atoms with E-state index in [1.165, 1.54) is 16.3 Å². The molecule has 0 saturated carbocycles. The first-order valence-corrected chi connectivity index (χ1v) is 6.32. The van der Waals surface area contributed by atoms with Gasteiger partial charge in [-0.2, -0.15) is 0 Å². The summed E-state index contributed by atoms with van der Waals surface area (Å²) < 4.78 is 0. The van der Waals surface area contributed by atoms with Gasteiger partial charge in [0.2, 0.25) is 0 Å². The Hall–Kier alpha value is -2.48. The van der Waals surface area contributed by atoms with Crippen molar-refractivity contribution in [2.45, 2.75) is 6.54 Å². The van der Waals surface area contributed by atoms with Crippen molar-refractivity contribution in [3.8, 4) is 5.75 Å². The Morgan fingerprint density at radius 2 is 1.63 bits per heavy atom. The third-order valence-electron chi connectivity index (χ3n) is 3.21. The summed E-state index contributed by atoms with van der Waals surface area (Å²) in [5.74, 6) is 0.280. The molecular weight excluding hydrogens is 234 g/mol. The lowest BCUT2D eigenvalue weighted by Crippen LogP contribution is -1.99. The highest BCUT2D eigenvalue weighted by molar-refractivity contribution is 5.85. The molecule has 0 fully saturated rings. The zero-order valence-electron chi connectivity index (χ0n) is 10.5. The highest BCUT2D eigenvalue weighted by atomic mass is 16.3. The van der Waals surface area contributed by atoms with Crippen LogP contribution in [0.4, 0.5) is 5.69 Å². The van der Waals surface area contributed by atoms with Crippen molar-refractivity contribution in [1.29, 1.82) is 0 Å². The molecule has 3 aromatic rings. The summed E-state index contributed by atoms with van der Waals surface area (Å²) in [6, 6.07) is 21.9. The predicted molar refractivity (Wildman–Crippen MR) is 79.4 cm³/mol. The summed E-state index contributed by atoms with van der Waals surface area (Å²) >= 11 is 0. The second-order valence-electron chi connectivity index (χ2n) is 4.54. The molecule has 0 unspecified atom stereocenters. The van der Waals surface area contributed by atoms with Crippen LogP contribution in [-0.4, -0.2) is 5.11 Å². The van der Waals surface area contributed by atoms with Gasteiger partial charge in [-0.1, -0.05) is 48.5 Å². The van der Waals surface area contributed by atoms with Crippen LogP contribution < -0.4 is 5.32 Å². The van der Waals surface area contributed by atoms with Gasteiger partial charge in [-0.25, -0.2) is 0 Å². The Labute approximate surface area is 112 Å². The average molecular weight is 249 g/mol. The Morgan fingerprint density at radius 3 is 2.53 bits per heavy atom. The second-order valence-corrected chi connectivity index (χ2v) is 4.54. The van der Waals surface area contributed by atoms with Crippen LogP contribution in [0.1, 0.15) is 5.56 Å². The van der Waals surface area contributed by atoms with Gasteiger partial charge in [0, 0.05) is 18.3 Å². The van der Waals surface area contributed by atoms with Gasteiger partial charge in [-0.15, -0.1) is 0 Å². The lowest BCUT2D eigenvalue weighted by molar-refractivity contribution is 0.475. The fourth-order valence-electron chi connectivity index (χ4n) is 2.26. The number of rotatable bonds is 3. The zero-order valence-corrected chi connectivity index (χ0v) is 10.5. The molecule has 0 aliphatic heterocycles. The Kier molecular flexibility index (Phi) is 3.07. The number of nitrogens with one attached hydrogen (secondary N) is 1. The molecule has 94 valence electrons. The van der Waals surface area contributed by atoms with Gasteiger partial charge >= 0.3 is 0 Å². The van der Waals surface area contributed by atoms with Crippen LogP contribution in [0.15, 0.2) is 66.7 Å². The molecule has 2 heteroatoms. The Morgan fingerprint density at radius 1 is 0.842 bits per heavy atom. The number of anilines is 1. The van der Waals surface area contributed by atoms with Crippen LogP contribution in [0, 0.1) is 0 Å². The van der Waals surface area contributed by atoms with E-state index in [-0.39, 0.29) is 5.75 Å². The van der Waals surface area contributed by atoms with E-state index >= 15 is 0 Å². The molecule has 0 amide bonds. The second kappa shape index (κ2) is 5.02. The summed E-state index contributed by atoms with van der Waals surface area (Å²) in [5.41, 5.74) is 2.18. The number of hydrogen-bond acceptors (Lipinski definition) is 2. The maximum Gasteiger partial charge on any atom is 0.117 e. The minimum atomic E-state index is 0.280. The van der Waals surface area contributed by atoms with Gasteiger partial charge in [-0.3, -0.25) is 0 Å². The highest BCUT2D eigenvalue weighted by Crippen LogP contribution is 2.21. The zero-order chi connectivity index (χ0) is 13.1. The summed E-state index contributed by atoms with van der Waals surface area (Å²) in [6.45, 7) is 0.741. The number of aromatic hydroxyl groups is 1. The minimum absolute atomic E-state index is 0.280. The fourth-order valence-corrected chi connectivity index (χ4v) is 2.26. The van der Waals surface area contributed by atoms with E-state index in [0.29, 0.717) is 0 Å². The van der Waals surface area contributed by atoms with Gasteiger partial charge in [0.05, 0.1) is 0 Å². The number of hydrogen-bond donors (Lipinski definition) is 2. The smallest absolute Gasteiger partial charge is 0.117 e. The topological polar surface area (TPSA) is 32.3 Å². The van der Waals surface area contributed by atoms with E-state index in [4.69, 9.17) is 0 Å². The number of phenolic OH excluding ortho intramolecular Hbond substituents is 1. The summed E-state index contributed by atoms with van der Waals surface area (Å²) in [4.78, 5) is 0. The molecule has 3 aromatic carbocycles. The van der Waals surface area contributed by atoms with Crippen molar-refractivity contribution in [2.75, 3.05) is 5.32 Å². The minimum Gasteiger partial charge on any atom is -0.508 e. The molecule has 0 saturated heterocycles. The van der Waals surface area contributed by atoms with Crippen LogP contribution in [0.25, 0.3) is 10.8 Å². The van der Waals surface area contributed by atoms with Gasteiger partial charge in [-0.05, 0) is 28.5 Å². The van der Waals surface area contributed by atoms with E-state index in [2.05, 4.69) is 47.8 Å². The first-order valence-electron chi connectivity index (χ1n) is 6.32. The van der Waals surface area contributed by atoms with Crippen molar-refractivity contribution in [2.24, 2.45) is 0 Å². The third kappa shape index (κ3) is 2.52. The molecule has 0 spiro atoms. The van der Waals surface area contributed by atoms with Crippen molar-refractivity contribution >= 4 is 16.5 Å². The standard InChI is InChI=1S/C17H15NO/c19-16-9-4-8-15(11-16)18-12-14-7-3-6-13-5-1-2-10-17(13)14/h1-11,18-19H,12H2. The molecule has 2 nitrogen and oxygen atoms in total. The quantitative estimate of drug-likeness (QED) is 0.730. The molecule has 0 radical (unpaired) electrons. The van der Waals surface area contributed by atoms with Crippen LogP contribution in [0.3, 0.4) is 0 Å². The van der Waals surface area contributed by atoms with E-state index in [1.54, 1.807) is 12.1 Å². The maximum absolute atomic E-state index is 9.44. The Balaban J connectivity index is 1.86. The van der Waals surface area contributed by atoms with Gasteiger partial charge < -0.3 is 10.4 Å². The van der Waals surface area contributed by atoms with Crippen molar-refractivity contribution in [3.63, 3.8) is 0 Å². The third-order valence-corrected chi connectivity index (χ3v) is 3.21. The van der Waals surface area contributed by atoms with Gasteiger partial charge in [0.25, 0.3) is 0 Å². The van der Waals surface area contributed by atoms with Gasteiger partial charge in [0.1, 0.15) is 5.75 Å². The van der Waals surface area contributed by atoms with Crippen LogP contribution in [-0.2, 0) is 6.54 Å². The highest BCUT2D eigenvalue weighted by Gasteiger charge is 2.00. The summed E-state index contributed by atoms with van der Waals surface area (Å²) in [6.07, 6.45) is 0. The molecule has 0 aromatic heterocycles. The van der Waals surface area contributed by atoms with Crippen LogP contribution in [0.2, 0.25) is 0 Å². The van der Waals surface area contributed by atoms with E-state index in [1.807, 2.05) is 12.1 Å². The van der Waals surface area contributed by atoms with Crippen LogP contribution >= 0.6 is 0 Å². The largest absolute Gasteiger partial charge is 0.508 e. The molecule has 0 aliphatic rings. The molecule has 19 heavy (non-hydrogen) atoms. The maximum atomic E-state index is 9.44. The molecule has 0 heterocycles. The lowest BCUT2D eigenvalue weighted by Gasteiger charge is -2.09. The van der Waals surface area contributed by atoms with Crippen molar-refractivity contribution in [1.82, 2.24) is 0 Å². The first kappa shape index (κ1) is 11.6.